The first-order valence-electron chi connectivity index (χ1n) is 7.61. The van der Waals surface area contributed by atoms with Gasteiger partial charge < -0.3 is 16.4 Å². The van der Waals surface area contributed by atoms with E-state index in [9.17, 15) is 14.4 Å². The fourth-order valence-electron chi connectivity index (χ4n) is 2.08. The lowest BCUT2D eigenvalue weighted by atomic mass is 10.0. The standard InChI is InChI=1S/C18H18ClN3O3/c1-11(20)18(25)21-10-16(23)22-15-8-7-13(19)9-14(15)17(24)12-5-3-2-4-6-12/h2-9,11H,10,20H2,1H3,(H,21,25)(H,22,23)/t11-/m0/s1. The van der Waals surface area contributed by atoms with Gasteiger partial charge in [0.25, 0.3) is 0 Å². The van der Waals surface area contributed by atoms with Crippen LogP contribution in [0.4, 0.5) is 5.69 Å². The third-order valence-electron chi connectivity index (χ3n) is 3.37. The van der Waals surface area contributed by atoms with E-state index in [4.69, 9.17) is 17.3 Å². The minimum atomic E-state index is -0.710. The zero-order valence-corrected chi connectivity index (χ0v) is 14.3. The Bertz CT molecular complexity index is 791. The molecule has 7 heteroatoms. The Morgan fingerprint density at radius 3 is 2.44 bits per heavy atom. The predicted octanol–water partition coefficient (Wildman–Crippen LogP) is 1.97. The van der Waals surface area contributed by atoms with Crippen molar-refractivity contribution in [2.45, 2.75) is 13.0 Å². The molecule has 0 aromatic heterocycles. The number of ketones is 1. The number of hydrogen-bond acceptors (Lipinski definition) is 4. The van der Waals surface area contributed by atoms with Crippen LogP contribution in [0.3, 0.4) is 0 Å². The van der Waals surface area contributed by atoms with Crippen LogP contribution >= 0.6 is 11.6 Å². The largest absolute Gasteiger partial charge is 0.346 e. The summed E-state index contributed by atoms with van der Waals surface area (Å²) in [7, 11) is 0. The average molecular weight is 360 g/mol. The SMILES string of the molecule is C[C@H](N)C(=O)NCC(=O)Nc1ccc(Cl)cc1C(=O)c1ccccc1. The summed E-state index contributed by atoms with van der Waals surface area (Å²) in [6.07, 6.45) is 0. The van der Waals surface area contributed by atoms with Gasteiger partial charge in [0.05, 0.1) is 18.3 Å². The number of halogens is 1. The maximum Gasteiger partial charge on any atom is 0.243 e. The summed E-state index contributed by atoms with van der Waals surface area (Å²) >= 11 is 5.99. The van der Waals surface area contributed by atoms with Crippen molar-refractivity contribution < 1.29 is 14.4 Å². The molecular formula is C18H18ClN3O3. The van der Waals surface area contributed by atoms with Crippen LogP contribution in [0.5, 0.6) is 0 Å². The van der Waals surface area contributed by atoms with E-state index in [2.05, 4.69) is 10.6 Å². The highest BCUT2D eigenvalue weighted by atomic mass is 35.5. The monoisotopic (exact) mass is 359 g/mol. The molecule has 0 aliphatic carbocycles. The summed E-state index contributed by atoms with van der Waals surface area (Å²) < 4.78 is 0. The molecule has 0 radical (unpaired) electrons. The lowest BCUT2D eigenvalue weighted by Crippen LogP contribution is -2.42. The molecule has 2 aromatic carbocycles. The van der Waals surface area contributed by atoms with E-state index in [-0.39, 0.29) is 17.9 Å². The van der Waals surface area contributed by atoms with E-state index in [1.165, 1.54) is 13.0 Å². The minimum absolute atomic E-state index is 0.248. The van der Waals surface area contributed by atoms with Gasteiger partial charge in [-0.3, -0.25) is 14.4 Å². The molecule has 0 bridgehead atoms. The lowest BCUT2D eigenvalue weighted by Gasteiger charge is -2.12. The zero-order valence-electron chi connectivity index (χ0n) is 13.6. The number of amides is 2. The topological polar surface area (TPSA) is 101 Å². The maximum absolute atomic E-state index is 12.7. The van der Waals surface area contributed by atoms with Gasteiger partial charge in [0.15, 0.2) is 5.78 Å². The summed E-state index contributed by atoms with van der Waals surface area (Å²) in [6.45, 7) is 1.27. The van der Waals surface area contributed by atoms with Crippen LogP contribution in [-0.2, 0) is 9.59 Å². The molecule has 0 fully saturated rings. The van der Waals surface area contributed by atoms with Gasteiger partial charge >= 0.3 is 0 Å². The summed E-state index contributed by atoms with van der Waals surface area (Å²) in [5.74, 6) is -1.18. The second-order valence-corrected chi connectivity index (χ2v) is 5.88. The van der Waals surface area contributed by atoms with E-state index in [1.54, 1.807) is 42.5 Å². The van der Waals surface area contributed by atoms with Gasteiger partial charge in [-0.1, -0.05) is 41.9 Å². The first kappa shape index (κ1) is 18.6. The van der Waals surface area contributed by atoms with Crippen molar-refractivity contribution in [3.63, 3.8) is 0 Å². The van der Waals surface area contributed by atoms with Crippen LogP contribution in [0, 0.1) is 0 Å². The zero-order chi connectivity index (χ0) is 18.4. The van der Waals surface area contributed by atoms with Gasteiger partial charge in [0, 0.05) is 16.1 Å². The van der Waals surface area contributed by atoms with Crippen molar-refractivity contribution in [2.75, 3.05) is 11.9 Å². The molecule has 0 heterocycles. The van der Waals surface area contributed by atoms with E-state index in [0.717, 1.165) is 0 Å². The van der Waals surface area contributed by atoms with Crippen molar-refractivity contribution in [1.82, 2.24) is 5.32 Å². The van der Waals surface area contributed by atoms with Gasteiger partial charge in [-0.25, -0.2) is 0 Å². The number of anilines is 1. The Morgan fingerprint density at radius 1 is 1.12 bits per heavy atom. The molecule has 2 rings (SSSR count). The van der Waals surface area contributed by atoms with Crippen LogP contribution in [0.25, 0.3) is 0 Å². The first-order chi connectivity index (χ1) is 11.9. The summed E-state index contributed by atoms with van der Waals surface area (Å²) in [4.78, 5) is 36.1. The number of nitrogens with two attached hydrogens (primary N) is 1. The summed E-state index contributed by atoms with van der Waals surface area (Å²) in [6, 6.07) is 12.6. The quantitative estimate of drug-likeness (QED) is 0.686. The number of carbonyl (C=O) groups is 3. The van der Waals surface area contributed by atoms with E-state index in [1.807, 2.05) is 0 Å². The molecule has 0 unspecified atom stereocenters. The predicted molar refractivity (Wildman–Crippen MR) is 96.6 cm³/mol. The number of benzene rings is 2. The Morgan fingerprint density at radius 2 is 1.80 bits per heavy atom. The van der Waals surface area contributed by atoms with E-state index >= 15 is 0 Å². The summed E-state index contributed by atoms with van der Waals surface area (Å²) in [5, 5.41) is 5.39. The van der Waals surface area contributed by atoms with Crippen molar-refractivity contribution in [3.8, 4) is 0 Å². The van der Waals surface area contributed by atoms with Crippen LogP contribution in [0.1, 0.15) is 22.8 Å². The molecule has 0 aliphatic heterocycles. The normalized spacial score (nSPS) is 11.5. The molecule has 6 nitrogen and oxygen atoms in total. The van der Waals surface area contributed by atoms with Crippen LogP contribution < -0.4 is 16.4 Å². The third-order valence-corrected chi connectivity index (χ3v) is 3.61. The molecule has 130 valence electrons. The molecule has 0 spiro atoms. The molecule has 1 atom stereocenters. The minimum Gasteiger partial charge on any atom is -0.346 e. The van der Waals surface area contributed by atoms with Crippen LogP contribution in [0.15, 0.2) is 48.5 Å². The Balaban J connectivity index is 2.17. The number of nitrogens with one attached hydrogen (secondary N) is 2. The Labute approximate surface area is 150 Å². The first-order valence-corrected chi connectivity index (χ1v) is 7.98. The van der Waals surface area contributed by atoms with Crippen LogP contribution in [-0.4, -0.2) is 30.2 Å². The van der Waals surface area contributed by atoms with Gasteiger partial charge in [0.1, 0.15) is 0 Å². The third kappa shape index (κ3) is 5.14. The highest BCUT2D eigenvalue weighted by Gasteiger charge is 2.16. The highest BCUT2D eigenvalue weighted by molar-refractivity contribution is 6.31. The van der Waals surface area contributed by atoms with Gasteiger partial charge in [0.2, 0.25) is 11.8 Å². The van der Waals surface area contributed by atoms with Gasteiger partial charge in [-0.2, -0.15) is 0 Å². The molecule has 0 saturated heterocycles. The van der Waals surface area contributed by atoms with Gasteiger partial charge in [-0.15, -0.1) is 0 Å². The van der Waals surface area contributed by atoms with E-state index < -0.39 is 17.9 Å². The molecule has 25 heavy (non-hydrogen) atoms. The Kier molecular flexibility index (Phi) is 6.27. The Hall–Kier alpha value is -2.70. The fourth-order valence-corrected chi connectivity index (χ4v) is 2.25. The summed E-state index contributed by atoms with van der Waals surface area (Å²) in [5.41, 5.74) is 6.48. The van der Waals surface area contributed by atoms with Gasteiger partial charge in [-0.05, 0) is 25.1 Å². The molecular weight excluding hydrogens is 342 g/mol. The fraction of sp³-hybridized carbons (Fsp3) is 0.167. The number of hydrogen-bond donors (Lipinski definition) is 3. The van der Waals surface area contributed by atoms with Crippen molar-refractivity contribution >= 4 is 34.9 Å². The highest BCUT2D eigenvalue weighted by Crippen LogP contribution is 2.23. The van der Waals surface area contributed by atoms with E-state index in [0.29, 0.717) is 16.3 Å². The number of rotatable bonds is 6. The average Bonchev–Trinajstić information content (AvgIpc) is 2.61. The maximum atomic E-state index is 12.7. The molecule has 2 amide bonds. The lowest BCUT2D eigenvalue weighted by molar-refractivity contribution is -0.124. The smallest absolute Gasteiger partial charge is 0.243 e. The molecule has 0 saturated carbocycles. The molecule has 2 aromatic rings. The second kappa shape index (κ2) is 8.41. The molecule has 0 aliphatic rings. The second-order valence-electron chi connectivity index (χ2n) is 5.44. The van der Waals surface area contributed by atoms with Crippen LogP contribution in [0.2, 0.25) is 5.02 Å². The van der Waals surface area contributed by atoms with Crippen molar-refractivity contribution in [2.24, 2.45) is 5.73 Å². The van der Waals surface area contributed by atoms with Crippen molar-refractivity contribution in [3.05, 3.63) is 64.7 Å². The molecule has 4 N–H and O–H groups in total. The number of carbonyl (C=O) groups excluding carboxylic acids is 3. The van der Waals surface area contributed by atoms with Crippen molar-refractivity contribution in [1.29, 1.82) is 0 Å².